The quantitative estimate of drug-likeness (QED) is 0.843. The van der Waals surface area contributed by atoms with Crippen molar-refractivity contribution in [2.24, 2.45) is 7.05 Å². The van der Waals surface area contributed by atoms with Crippen molar-refractivity contribution in [2.45, 2.75) is 31.5 Å². The van der Waals surface area contributed by atoms with E-state index in [1.54, 1.807) is 10.9 Å². The van der Waals surface area contributed by atoms with E-state index in [4.69, 9.17) is 0 Å². The van der Waals surface area contributed by atoms with Crippen molar-refractivity contribution >= 4 is 21.8 Å². The molecular formula is C11H18BrN3O. The first-order valence-corrected chi connectivity index (χ1v) is 6.38. The van der Waals surface area contributed by atoms with Gasteiger partial charge in [-0.3, -0.25) is 9.48 Å². The molecule has 0 saturated carbocycles. The zero-order valence-electron chi connectivity index (χ0n) is 9.96. The molecule has 16 heavy (non-hydrogen) atoms. The summed E-state index contributed by atoms with van der Waals surface area (Å²) in [6, 6.07) is 0. The molecule has 0 saturated heterocycles. The van der Waals surface area contributed by atoms with Gasteiger partial charge in [0.25, 0.3) is 5.91 Å². The number of hydrogen-bond acceptors (Lipinski definition) is 2. The summed E-state index contributed by atoms with van der Waals surface area (Å²) in [5, 5.41) is 7.04. The van der Waals surface area contributed by atoms with Crippen molar-refractivity contribution in [3.8, 4) is 0 Å². The van der Waals surface area contributed by atoms with Crippen LogP contribution in [0.2, 0.25) is 0 Å². The summed E-state index contributed by atoms with van der Waals surface area (Å²) in [6.45, 7) is 4.62. The highest BCUT2D eigenvalue weighted by molar-refractivity contribution is 9.09. The average Bonchev–Trinajstić information content (AvgIpc) is 2.55. The predicted molar refractivity (Wildman–Crippen MR) is 67.9 cm³/mol. The Morgan fingerprint density at radius 3 is 2.88 bits per heavy atom. The third-order valence-corrected chi connectivity index (χ3v) is 3.13. The lowest BCUT2D eigenvalue weighted by Gasteiger charge is -2.09. The minimum atomic E-state index is -0.0499. The van der Waals surface area contributed by atoms with Gasteiger partial charge < -0.3 is 5.32 Å². The van der Waals surface area contributed by atoms with Gasteiger partial charge in [0.05, 0.1) is 11.3 Å². The maximum atomic E-state index is 11.8. The van der Waals surface area contributed by atoms with Gasteiger partial charge >= 0.3 is 0 Å². The second-order valence-corrected chi connectivity index (χ2v) is 5.19. The van der Waals surface area contributed by atoms with Crippen molar-refractivity contribution in [1.29, 1.82) is 0 Å². The molecule has 1 aromatic heterocycles. The molecule has 0 radical (unpaired) electrons. The molecular weight excluding hydrogens is 270 g/mol. The summed E-state index contributed by atoms with van der Waals surface area (Å²) in [5.74, 6) is -0.0499. The van der Waals surface area contributed by atoms with Crippen LogP contribution in [0.5, 0.6) is 0 Å². The lowest BCUT2D eigenvalue weighted by atomic mass is 10.2. The molecule has 1 rings (SSSR count). The van der Waals surface area contributed by atoms with Crippen molar-refractivity contribution in [3.05, 3.63) is 17.5 Å². The highest BCUT2D eigenvalue weighted by atomic mass is 79.9. The van der Waals surface area contributed by atoms with Gasteiger partial charge in [0.2, 0.25) is 0 Å². The zero-order chi connectivity index (χ0) is 12.1. The molecule has 90 valence electrons. The van der Waals surface area contributed by atoms with E-state index >= 15 is 0 Å². The minimum Gasteiger partial charge on any atom is -0.351 e. The number of amides is 1. The maximum Gasteiger partial charge on any atom is 0.254 e. The second kappa shape index (κ2) is 6.03. The van der Waals surface area contributed by atoms with Gasteiger partial charge in [-0.2, -0.15) is 5.10 Å². The van der Waals surface area contributed by atoms with Crippen molar-refractivity contribution in [1.82, 2.24) is 15.1 Å². The van der Waals surface area contributed by atoms with Crippen LogP contribution in [0.1, 0.15) is 35.8 Å². The first-order valence-electron chi connectivity index (χ1n) is 5.47. The lowest BCUT2D eigenvalue weighted by molar-refractivity contribution is 0.0953. The lowest BCUT2D eigenvalue weighted by Crippen LogP contribution is -2.29. The fourth-order valence-electron chi connectivity index (χ4n) is 1.54. The van der Waals surface area contributed by atoms with Crippen LogP contribution < -0.4 is 5.32 Å². The molecule has 0 bridgehead atoms. The molecule has 0 spiro atoms. The van der Waals surface area contributed by atoms with E-state index in [2.05, 4.69) is 33.3 Å². The number of aromatic nitrogens is 2. The Morgan fingerprint density at radius 1 is 1.69 bits per heavy atom. The van der Waals surface area contributed by atoms with Crippen LogP contribution in [0.4, 0.5) is 0 Å². The number of carbonyl (C=O) groups is 1. The minimum absolute atomic E-state index is 0.0499. The number of aryl methyl sites for hydroxylation is 2. The molecule has 4 nitrogen and oxygen atoms in total. The van der Waals surface area contributed by atoms with Gasteiger partial charge in [0.15, 0.2) is 0 Å². The summed E-state index contributed by atoms with van der Waals surface area (Å²) in [6.07, 6.45) is 3.91. The second-order valence-electron chi connectivity index (χ2n) is 3.90. The van der Waals surface area contributed by atoms with E-state index in [0.717, 1.165) is 18.5 Å². The number of alkyl halides is 1. The monoisotopic (exact) mass is 287 g/mol. The van der Waals surface area contributed by atoms with E-state index in [1.807, 2.05) is 14.0 Å². The largest absolute Gasteiger partial charge is 0.351 e. The standard InChI is InChI=1S/C11H18BrN3O/c1-4-5-9(12)6-13-11(16)10-7-15(3)14-8(10)2/h7,9H,4-6H2,1-3H3,(H,13,16). The smallest absolute Gasteiger partial charge is 0.254 e. The summed E-state index contributed by atoms with van der Waals surface area (Å²) >= 11 is 3.53. The first-order chi connectivity index (χ1) is 7.54. The van der Waals surface area contributed by atoms with Gasteiger partial charge in [-0.05, 0) is 13.3 Å². The number of rotatable bonds is 5. The van der Waals surface area contributed by atoms with Crippen LogP contribution in [0, 0.1) is 6.92 Å². The zero-order valence-corrected chi connectivity index (χ0v) is 11.5. The molecule has 1 atom stereocenters. The van der Waals surface area contributed by atoms with Crippen LogP contribution in [0.25, 0.3) is 0 Å². The van der Waals surface area contributed by atoms with E-state index < -0.39 is 0 Å². The van der Waals surface area contributed by atoms with Crippen LogP contribution in [-0.4, -0.2) is 27.1 Å². The van der Waals surface area contributed by atoms with Crippen LogP contribution >= 0.6 is 15.9 Å². The highest BCUT2D eigenvalue weighted by Crippen LogP contribution is 2.08. The van der Waals surface area contributed by atoms with E-state index in [9.17, 15) is 4.79 Å². The fourth-order valence-corrected chi connectivity index (χ4v) is 2.16. The Hall–Kier alpha value is -0.840. The molecule has 5 heteroatoms. The highest BCUT2D eigenvalue weighted by Gasteiger charge is 2.13. The van der Waals surface area contributed by atoms with Gasteiger partial charge in [0, 0.05) is 24.6 Å². The summed E-state index contributed by atoms with van der Waals surface area (Å²) < 4.78 is 1.65. The molecule has 1 amide bonds. The summed E-state index contributed by atoms with van der Waals surface area (Å²) in [5.41, 5.74) is 1.42. The Labute approximate surface area is 105 Å². The first kappa shape index (κ1) is 13.2. The third kappa shape index (κ3) is 3.63. The van der Waals surface area contributed by atoms with E-state index in [0.29, 0.717) is 16.9 Å². The molecule has 0 aliphatic heterocycles. The van der Waals surface area contributed by atoms with Crippen LogP contribution in [0.15, 0.2) is 6.20 Å². The molecule has 0 aromatic carbocycles. The number of hydrogen-bond donors (Lipinski definition) is 1. The van der Waals surface area contributed by atoms with Gasteiger partial charge in [-0.15, -0.1) is 0 Å². The molecule has 0 aliphatic carbocycles. The molecule has 1 aromatic rings. The molecule has 0 aliphatic rings. The Kier molecular flexibility index (Phi) is 4.99. The van der Waals surface area contributed by atoms with Gasteiger partial charge in [-0.1, -0.05) is 29.3 Å². The third-order valence-electron chi connectivity index (χ3n) is 2.34. The van der Waals surface area contributed by atoms with Crippen molar-refractivity contribution in [2.75, 3.05) is 6.54 Å². The average molecular weight is 288 g/mol. The van der Waals surface area contributed by atoms with Crippen LogP contribution in [0.3, 0.4) is 0 Å². The van der Waals surface area contributed by atoms with Gasteiger partial charge in [0.1, 0.15) is 0 Å². The van der Waals surface area contributed by atoms with Crippen LogP contribution in [-0.2, 0) is 7.05 Å². The fraction of sp³-hybridized carbons (Fsp3) is 0.636. The SMILES string of the molecule is CCCC(Br)CNC(=O)c1cn(C)nc1C. The number of carbonyl (C=O) groups excluding carboxylic acids is 1. The number of halogens is 1. The van der Waals surface area contributed by atoms with Crippen molar-refractivity contribution in [3.63, 3.8) is 0 Å². The molecule has 1 heterocycles. The Morgan fingerprint density at radius 2 is 2.38 bits per heavy atom. The normalized spacial score (nSPS) is 12.5. The van der Waals surface area contributed by atoms with Crippen molar-refractivity contribution < 1.29 is 4.79 Å². The number of nitrogens with zero attached hydrogens (tertiary/aromatic N) is 2. The number of nitrogens with one attached hydrogen (secondary N) is 1. The van der Waals surface area contributed by atoms with Gasteiger partial charge in [-0.25, -0.2) is 0 Å². The van der Waals surface area contributed by atoms with E-state index in [1.165, 1.54) is 0 Å². The molecule has 0 fully saturated rings. The molecule has 1 N–H and O–H groups in total. The summed E-state index contributed by atoms with van der Waals surface area (Å²) in [7, 11) is 1.81. The topological polar surface area (TPSA) is 46.9 Å². The van der Waals surface area contributed by atoms with E-state index in [-0.39, 0.29) is 5.91 Å². The Bertz CT molecular complexity index is 362. The maximum absolute atomic E-state index is 11.8. The predicted octanol–water partition coefficient (Wildman–Crippen LogP) is 2.02. The molecule has 1 unspecified atom stereocenters. The Balaban J connectivity index is 2.50. The summed E-state index contributed by atoms with van der Waals surface area (Å²) in [4.78, 5) is 12.1.